The first-order valence-electron chi connectivity index (χ1n) is 8.81. The molecule has 24 heavy (non-hydrogen) atoms. The summed E-state index contributed by atoms with van der Waals surface area (Å²) in [7, 11) is 3.46. The van der Waals surface area contributed by atoms with Gasteiger partial charge in [0.05, 0.1) is 12.7 Å². The molecule has 0 N–H and O–H groups in total. The van der Waals surface area contributed by atoms with E-state index in [2.05, 4.69) is 4.90 Å². The average molecular weight is 336 g/mol. The van der Waals surface area contributed by atoms with Gasteiger partial charge in [0.1, 0.15) is 12.2 Å². The third-order valence-electron chi connectivity index (χ3n) is 5.05. The highest BCUT2D eigenvalue weighted by Crippen LogP contribution is 2.23. The summed E-state index contributed by atoms with van der Waals surface area (Å²) in [6.07, 6.45) is 8.77. The van der Waals surface area contributed by atoms with Crippen LogP contribution in [0.2, 0.25) is 0 Å². The van der Waals surface area contributed by atoms with E-state index in [1.165, 1.54) is 0 Å². The van der Waals surface area contributed by atoms with Crippen LogP contribution in [-0.4, -0.2) is 81.0 Å². The second kappa shape index (κ2) is 8.25. The molecule has 6 nitrogen and oxygen atoms in total. The van der Waals surface area contributed by atoms with Crippen LogP contribution in [0.1, 0.15) is 19.3 Å². The van der Waals surface area contributed by atoms with Crippen molar-refractivity contribution in [1.82, 2.24) is 9.80 Å². The first-order valence-corrected chi connectivity index (χ1v) is 8.81. The molecule has 3 aliphatic rings. The van der Waals surface area contributed by atoms with Crippen molar-refractivity contribution in [3.63, 3.8) is 0 Å². The van der Waals surface area contributed by atoms with Crippen LogP contribution in [0.15, 0.2) is 23.9 Å². The monoisotopic (exact) mass is 336 g/mol. The van der Waals surface area contributed by atoms with Crippen LogP contribution in [0.3, 0.4) is 0 Å². The minimum atomic E-state index is -0.149. The highest BCUT2D eigenvalue weighted by Gasteiger charge is 2.28. The molecule has 134 valence electrons. The summed E-state index contributed by atoms with van der Waals surface area (Å²) in [5.41, 5.74) is 0.937. The van der Waals surface area contributed by atoms with Gasteiger partial charge in [-0.3, -0.25) is 9.69 Å². The van der Waals surface area contributed by atoms with Crippen LogP contribution >= 0.6 is 0 Å². The minimum Gasteiger partial charge on any atom is -0.380 e. The zero-order chi connectivity index (χ0) is 16.9. The standard InChI is InChI=1S/C18H28N2O4/c1-22-15-7-9-19(13-15)10-11-24-16-6-5-14(12-17(16)23-2)20-8-3-4-18(20)21/h5-6,12,15-17H,3-4,7-11,13H2,1-2H3/t15-,16?,17?/m1/s1. The molecular weight excluding hydrogens is 308 g/mol. The number of rotatable bonds is 7. The highest BCUT2D eigenvalue weighted by molar-refractivity contribution is 5.80. The Hall–Kier alpha value is -1.21. The second-order valence-electron chi connectivity index (χ2n) is 6.58. The number of allylic oxidation sites excluding steroid dienone is 1. The van der Waals surface area contributed by atoms with E-state index in [0.29, 0.717) is 19.1 Å². The summed E-state index contributed by atoms with van der Waals surface area (Å²) in [4.78, 5) is 16.1. The average Bonchev–Trinajstić information content (AvgIpc) is 3.24. The van der Waals surface area contributed by atoms with Crippen LogP contribution in [0.5, 0.6) is 0 Å². The largest absolute Gasteiger partial charge is 0.380 e. The fourth-order valence-electron chi connectivity index (χ4n) is 3.59. The van der Waals surface area contributed by atoms with Gasteiger partial charge in [0.2, 0.25) is 5.91 Å². The van der Waals surface area contributed by atoms with E-state index in [-0.39, 0.29) is 18.1 Å². The van der Waals surface area contributed by atoms with Gasteiger partial charge in [-0.05, 0) is 25.0 Å². The molecule has 6 heteroatoms. The molecule has 0 aromatic carbocycles. The van der Waals surface area contributed by atoms with E-state index in [9.17, 15) is 4.79 Å². The molecule has 2 aliphatic heterocycles. The Bertz CT molecular complexity index is 505. The van der Waals surface area contributed by atoms with Gasteiger partial charge >= 0.3 is 0 Å². The van der Waals surface area contributed by atoms with Crippen molar-refractivity contribution in [2.75, 3.05) is 47.0 Å². The lowest BCUT2D eigenvalue weighted by Gasteiger charge is -2.28. The number of nitrogens with zero attached hydrogens (tertiary/aromatic N) is 2. The summed E-state index contributed by atoms with van der Waals surface area (Å²) >= 11 is 0. The van der Waals surface area contributed by atoms with Crippen molar-refractivity contribution in [3.8, 4) is 0 Å². The van der Waals surface area contributed by atoms with Gasteiger partial charge in [-0.15, -0.1) is 0 Å². The third-order valence-corrected chi connectivity index (χ3v) is 5.05. The van der Waals surface area contributed by atoms with E-state index < -0.39 is 0 Å². The molecule has 3 rings (SSSR count). The van der Waals surface area contributed by atoms with Gasteiger partial charge < -0.3 is 19.1 Å². The second-order valence-corrected chi connectivity index (χ2v) is 6.58. The highest BCUT2D eigenvalue weighted by atomic mass is 16.5. The normalized spacial score (nSPS) is 31.1. The van der Waals surface area contributed by atoms with Crippen molar-refractivity contribution in [1.29, 1.82) is 0 Å². The summed E-state index contributed by atoms with van der Waals surface area (Å²) < 4.78 is 17.0. The molecule has 2 saturated heterocycles. The Morgan fingerprint density at radius 2 is 2.08 bits per heavy atom. The van der Waals surface area contributed by atoms with Gasteiger partial charge in [-0.25, -0.2) is 0 Å². The molecule has 0 aromatic rings. The quantitative estimate of drug-likeness (QED) is 0.699. The van der Waals surface area contributed by atoms with Crippen molar-refractivity contribution >= 4 is 5.91 Å². The molecule has 0 spiro atoms. The maximum atomic E-state index is 11.9. The Kier molecular flexibility index (Phi) is 6.05. The number of hydrogen-bond acceptors (Lipinski definition) is 5. The minimum absolute atomic E-state index is 0.0997. The summed E-state index contributed by atoms with van der Waals surface area (Å²) in [6.45, 7) is 4.41. The van der Waals surface area contributed by atoms with E-state index in [0.717, 1.165) is 44.7 Å². The Morgan fingerprint density at radius 3 is 2.75 bits per heavy atom. The van der Waals surface area contributed by atoms with Gasteiger partial charge in [-0.2, -0.15) is 0 Å². The molecule has 0 bridgehead atoms. The Balaban J connectivity index is 1.48. The van der Waals surface area contributed by atoms with E-state index >= 15 is 0 Å². The fourth-order valence-corrected chi connectivity index (χ4v) is 3.59. The molecule has 2 fully saturated rings. The lowest BCUT2D eigenvalue weighted by Crippen LogP contribution is -2.35. The van der Waals surface area contributed by atoms with Crippen molar-refractivity contribution < 1.29 is 19.0 Å². The predicted molar refractivity (Wildman–Crippen MR) is 90.6 cm³/mol. The molecule has 2 unspecified atom stereocenters. The predicted octanol–water partition coefficient (Wildman–Crippen LogP) is 1.18. The molecule has 1 aliphatic carbocycles. The van der Waals surface area contributed by atoms with Crippen LogP contribution in [0.4, 0.5) is 0 Å². The summed E-state index contributed by atoms with van der Waals surface area (Å²) in [5.74, 6) is 0.196. The molecule has 1 amide bonds. The van der Waals surface area contributed by atoms with Gasteiger partial charge in [0.25, 0.3) is 0 Å². The number of carbonyl (C=O) groups excluding carboxylic acids is 1. The fraction of sp³-hybridized carbons (Fsp3) is 0.722. The van der Waals surface area contributed by atoms with Crippen LogP contribution in [0.25, 0.3) is 0 Å². The van der Waals surface area contributed by atoms with Crippen LogP contribution in [0, 0.1) is 0 Å². The number of amides is 1. The lowest BCUT2D eigenvalue weighted by molar-refractivity contribution is -0.126. The van der Waals surface area contributed by atoms with E-state index in [1.54, 1.807) is 14.2 Å². The zero-order valence-corrected chi connectivity index (χ0v) is 14.6. The first-order chi connectivity index (χ1) is 11.7. The zero-order valence-electron chi connectivity index (χ0n) is 14.6. The van der Waals surface area contributed by atoms with Gasteiger partial charge in [-0.1, -0.05) is 6.08 Å². The number of carbonyl (C=O) groups is 1. The molecule has 0 aromatic heterocycles. The van der Waals surface area contributed by atoms with E-state index in [1.807, 2.05) is 23.1 Å². The van der Waals surface area contributed by atoms with Gasteiger partial charge in [0, 0.05) is 52.5 Å². The number of ether oxygens (including phenoxy) is 3. The molecular formula is C18H28N2O4. The topological polar surface area (TPSA) is 51.2 Å². The Labute approximate surface area is 144 Å². The molecule has 2 heterocycles. The maximum Gasteiger partial charge on any atom is 0.227 e. The SMILES string of the molecule is COC1C=C(N2CCCC2=O)C=CC1OCCN1CC[C@@H](OC)C1. The van der Waals surface area contributed by atoms with Crippen LogP contribution in [-0.2, 0) is 19.0 Å². The van der Waals surface area contributed by atoms with Gasteiger partial charge in [0.15, 0.2) is 0 Å². The van der Waals surface area contributed by atoms with E-state index in [4.69, 9.17) is 14.2 Å². The van der Waals surface area contributed by atoms with Crippen molar-refractivity contribution in [2.24, 2.45) is 0 Å². The molecule has 3 atom stereocenters. The number of likely N-dealkylation sites (tertiary alicyclic amines) is 2. The molecule has 0 saturated carbocycles. The first kappa shape index (κ1) is 17.6. The van der Waals surface area contributed by atoms with Crippen molar-refractivity contribution in [2.45, 2.75) is 37.6 Å². The Morgan fingerprint density at radius 1 is 1.21 bits per heavy atom. The summed E-state index contributed by atoms with van der Waals surface area (Å²) in [6, 6.07) is 0. The molecule has 0 radical (unpaired) electrons. The smallest absolute Gasteiger partial charge is 0.227 e. The van der Waals surface area contributed by atoms with Crippen molar-refractivity contribution in [3.05, 3.63) is 23.9 Å². The number of hydrogen-bond donors (Lipinski definition) is 0. The van der Waals surface area contributed by atoms with Crippen LogP contribution < -0.4 is 0 Å². The lowest BCUT2D eigenvalue weighted by atomic mass is 10.1. The third kappa shape index (κ3) is 4.06. The number of methoxy groups -OCH3 is 2. The maximum absolute atomic E-state index is 11.9. The summed E-state index contributed by atoms with van der Waals surface area (Å²) in [5, 5.41) is 0.